The lowest BCUT2D eigenvalue weighted by Crippen LogP contribution is -2.36. The SMILES string of the molecule is CC(C)N1C=CCCC1=O.CC(C)N1C=CCOC1=O.CC(C)N1N=CCOC1=O. The van der Waals surface area contributed by atoms with Crippen molar-refractivity contribution in [1.29, 1.82) is 0 Å². The minimum absolute atomic E-state index is 0.0732. The first kappa shape index (κ1) is 25.2. The maximum Gasteiger partial charge on any atom is 0.430 e. The number of carbonyl (C=O) groups is 3. The van der Waals surface area contributed by atoms with Gasteiger partial charge in [0.1, 0.15) is 13.2 Å². The fourth-order valence-corrected chi connectivity index (χ4v) is 2.55. The van der Waals surface area contributed by atoms with Crippen LogP contribution in [0, 0.1) is 0 Å². The van der Waals surface area contributed by atoms with Gasteiger partial charge in [0, 0.05) is 30.9 Å². The molecule has 3 rings (SSSR count). The van der Waals surface area contributed by atoms with E-state index in [0.29, 0.717) is 25.7 Å². The molecule has 9 heteroatoms. The molecule has 0 aromatic carbocycles. The smallest absolute Gasteiger partial charge is 0.430 e. The summed E-state index contributed by atoms with van der Waals surface area (Å²) in [6.45, 7) is 12.4. The predicted octanol–water partition coefficient (Wildman–Crippen LogP) is 3.72. The Morgan fingerprint density at radius 1 is 0.800 bits per heavy atom. The van der Waals surface area contributed by atoms with Gasteiger partial charge in [-0.3, -0.25) is 9.69 Å². The van der Waals surface area contributed by atoms with E-state index in [9.17, 15) is 14.4 Å². The van der Waals surface area contributed by atoms with Gasteiger partial charge in [-0.2, -0.15) is 10.1 Å². The summed E-state index contributed by atoms with van der Waals surface area (Å²) in [4.78, 5) is 36.2. The molecule has 0 aromatic heterocycles. The number of allylic oxidation sites excluding steroid dienone is 1. The quantitative estimate of drug-likeness (QED) is 0.691. The van der Waals surface area contributed by atoms with Crippen molar-refractivity contribution in [2.75, 3.05) is 13.2 Å². The Bertz CT molecular complexity index is 580. The predicted molar refractivity (Wildman–Crippen MR) is 115 cm³/mol. The number of cyclic esters (lactones) is 2. The number of carbonyl (C=O) groups excluding carboxylic acids is 3. The lowest BCUT2D eigenvalue weighted by Gasteiger charge is -2.25. The third-order valence-corrected chi connectivity index (χ3v) is 4.14. The number of rotatable bonds is 3. The van der Waals surface area contributed by atoms with E-state index in [0.717, 1.165) is 6.42 Å². The van der Waals surface area contributed by atoms with Gasteiger partial charge in [-0.1, -0.05) is 6.08 Å². The lowest BCUT2D eigenvalue weighted by molar-refractivity contribution is -0.130. The molecule has 0 unspecified atom stereocenters. The summed E-state index contributed by atoms with van der Waals surface area (Å²) in [5.41, 5.74) is 0. The molecule has 3 aliphatic heterocycles. The first-order valence-corrected chi connectivity index (χ1v) is 10.2. The first-order valence-electron chi connectivity index (χ1n) is 10.2. The standard InChI is InChI=1S/C8H13NO.C7H11NO2.C6H10N2O2/c1-7(2)9-6-4-3-5-8(9)10;1-6(2)8-4-3-5-10-7(8)9;1-5(2)8-6(9)10-4-3-7-8/h4,6-7H,3,5H2,1-2H3;3-4,6H,5H2,1-2H3;3,5H,4H2,1-2H3. The second kappa shape index (κ2) is 12.7. The summed E-state index contributed by atoms with van der Waals surface area (Å²) < 4.78 is 9.44. The second-order valence-electron chi connectivity index (χ2n) is 7.59. The van der Waals surface area contributed by atoms with Crippen molar-refractivity contribution in [2.24, 2.45) is 5.10 Å². The molecule has 3 heterocycles. The van der Waals surface area contributed by atoms with Gasteiger partial charge in [-0.05, 0) is 54.0 Å². The molecule has 30 heavy (non-hydrogen) atoms. The molecular weight excluding hydrogens is 388 g/mol. The molecule has 0 N–H and O–H groups in total. The third kappa shape index (κ3) is 8.26. The summed E-state index contributed by atoms with van der Waals surface area (Å²) in [7, 11) is 0. The summed E-state index contributed by atoms with van der Waals surface area (Å²) in [5.74, 6) is 0.248. The maximum absolute atomic E-state index is 11.1. The van der Waals surface area contributed by atoms with Crippen LogP contribution in [0.25, 0.3) is 0 Å². The normalized spacial score (nSPS) is 18.2. The van der Waals surface area contributed by atoms with Crippen LogP contribution in [0.2, 0.25) is 0 Å². The van der Waals surface area contributed by atoms with Crippen LogP contribution in [0.15, 0.2) is 29.7 Å². The fraction of sp³-hybridized carbons (Fsp3) is 0.619. The Morgan fingerprint density at radius 3 is 1.80 bits per heavy atom. The van der Waals surface area contributed by atoms with Gasteiger partial charge in [-0.15, -0.1) is 0 Å². The van der Waals surface area contributed by atoms with Crippen LogP contribution in [0.3, 0.4) is 0 Å². The zero-order chi connectivity index (χ0) is 22.7. The summed E-state index contributed by atoms with van der Waals surface area (Å²) in [6, 6.07) is 0.567. The average Bonchev–Trinajstić information content (AvgIpc) is 2.69. The highest BCUT2D eigenvalue weighted by molar-refractivity contribution is 5.78. The lowest BCUT2D eigenvalue weighted by atomic mass is 10.2. The van der Waals surface area contributed by atoms with Crippen LogP contribution < -0.4 is 0 Å². The molecule has 0 atom stereocenters. The molecule has 0 aliphatic carbocycles. The van der Waals surface area contributed by atoms with Gasteiger partial charge < -0.3 is 14.4 Å². The molecule has 0 radical (unpaired) electrons. The Hall–Kier alpha value is -2.84. The number of ether oxygens (including phenoxy) is 2. The molecule has 0 aromatic rings. The molecule has 168 valence electrons. The minimum atomic E-state index is -0.363. The first-order chi connectivity index (χ1) is 14.1. The molecule has 0 spiro atoms. The molecule has 0 saturated heterocycles. The zero-order valence-electron chi connectivity index (χ0n) is 18.8. The number of hydrogen-bond donors (Lipinski definition) is 0. The van der Waals surface area contributed by atoms with Gasteiger partial charge in [0.2, 0.25) is 5.91 Å². The summed E-state index contributed by atoms with van der Waals surface area (Å²) in [6.07, 6.45) is 10.0. The molecule has 3 aliphatic rings. The van der Waals surface area contributed by atoms with E-state index in [4.69, 9.17) is 4.74 Å². The van der Waals surface area contributed by atoms with Gasteiger partial charge in [-0.25, -0.2) is 9.59 Å². The van der Waals surface area contributed by atoms with Crippen molar-refractivity contribution in [3.63, 3.8) is 0 Å². The van der Waals surface area contributed by atoms with Gasteiger partial charge in [0.15, 0.2) is 0 Å². The monoisotopic (exact) mass is 422 g/mol. The molecule has 3 amide bonds. The van der Waals surface area contributed by atoms with Crippen molar-refractivity contribution >= 4 is 24.3 Å². The van der Waals surface area contributed by atoms with Gasteiger partial charge in [0.25, 0.3) is 0 Å². The largest absolute Gasteiger partial charge is 0.445 e. The Labute approximate surface area is 179 Å². The molecule has 0 fully saturated rings. The van der Waals surface area contributed by atoms with Crippen LogP contribution in [-0.4, -0.2) is 70.5 Å². The minimum Gasteiger partial charge on any atom is -0.445 e. The topological polar surface area (TPSA) is 91.8 Å². The van der Waals surface area contributed by atoms with E-state index in [1.165, 1.54) is 5.01 Å². The average molecular weight is 423 g/mol. The van der Waals surface area contributed by atoms with Crippen LogP contribution >= 0.6 is 0 Å². The number of hydrazone groups is 1. The number of hydrogen-bond acceptors (Lipinski definition) is 6. The highest BCUT2D eigenvalue weighted by Crippen LogP contribution is 2.10. The second-order valence-corrected chi connectivity index (χ2v) is 7.59. The highest BCUT2D eigenvalue weighted by Gasteiger charge is 2.19. The third-order valence-electron chi connectivity index (χ3n) is 4.14. The molecular formula is C21H34N4O5. The Balaban J connectivity index is 0.000000225. The zero-order valence-corrected chi connectivity index (χ0v) is 18.8. The number of amides is 3. The van der Waals surface area contributed by atoms with Crippen molar-refractivity contribution in [3.05, 3.63) is 24.6 Å². The summed E-state index contributed by atoms with van der Waals surface area (Å²) >= 11 is 0. The molecule has 9 nitrogen and oxygen atoms in total. The van der Waals surface area contributed by atoms with Crippen molar-refractivity contribution in [1.82, 2.24) is 14.8 Å². The Kier molecular flexibility index (Phi) is 10.6. The maximum atomic E-state index is 11.1. The van der Waals surface area contributed by atoms with Crippen LogP contribution in [-0.2, 0) is 14.3 Å². The van der Waals surface area contributed by atoms with Crippen LogP contribution in [0.5, 0.6) is 0 Å². The van der Waals surface area contributed by atoms with E-state index in [1.807, 2.05) is 59.9 Å². The van der Waals surface area contributed by atoms with E-state index >= 15 is 0 Å². The number of nitrogens with zero attached hydrogens (tertiary/aromatic N) is 4. The van der Waals surface area contributed by atoms with E-state index in [2.05, 4.69) is 9.84 Å². The summed E-state index contributed by atoms with van der Waals surface area (Å²) in [5, 5.41) is 5.15. The van der Waals surface area contributed by atoms with E-state index in [1.54, 1.807) is 22.2 Å². The highest BCUT2D eigenvalue weighted by atomic mass is 16.6. The van der Waals surface area contributed by atoms with Crippen LogP contribution in [0.4, 0.5) is 9.59 Å². The van der Waals surface area contributed by atoms with Crippen LogP contribution in [0.1, 0.15) is 54.4 Å². The van der Waals surface area contributed by atoms with Gasteiger partial charge in [0.05, 0.1) is 12.3 Å². The van der Waals surface area contributed by atoms with Crippen molar-refractivity contribution in [3.8, 4) is 0 Å². The molecule has 0 saturated carbocycles. The fourth-order valence-electron chi connectivity index (χ4n) is 2.55. The molecule has 0 bridgehead atoms. The van der Waals surface area contributed by atoms with E-state index < -0.39 is 0 Å². The van der Waals surface area contributed by atoms with Crippen molar-refractivity contribution in [2.45, 2.75) is 72.5 Å². The van der Waals surface area contributed by atoms with Crippen molar-refractivity contribution < 1.29 is 23.9 Å². The Morgan fingerprint density at radius 2 is 1.40 bits per heavy atom. The van der Waals surface area contributed by atoms with E-state index in [-0.39, 0.29) is 30.2 Å². The van der Waals surface area contributed by atoms with Gasteiger partial charge >= 0.3 is 12.2 Å².